The van der Waals surface area contributed by atoms with E-state index in [-0.39, 0.29) is 23.7 Å². The summed E-state index contributed by atoms with van der Waals surface area (Å²) >= 11 is 0. The summed E-state index contributed by atoms with van der Waals surface area (Å²) in [5, 5.41) is 10.4. The fourth-order valence-corrected chi connectivity index (χ4v) is 1.79. The largest absolute Gasteiger partial charge is 0.507 e. The Morgan fingerprint density at radius 2 is 2.00 bits per heavy atom. The quantitative estimate of drug-likeness (QED) is 0.685. The minimum absolute atomic E-state index is 0.0285. The maximum absolute atomic E-state index is 11.4. The summed E-state index contributed by atoms with van der Waals surface area (Å²) in [4.78, 5) is 22.1. The summed E-state index contributed by atoms with van der Waals surface area (Å²) in [6, 6.07) is 4.63. The lowest BCUT2D eigenvalue weighted by molar-refractivity contribution is -0.139. The van der Waals surface area contributed by atoms with Gasteiger partial charge in [0, 0.05) is 23.9 Å². The Hall–Kier alpha value is -2.56. The average molecular weight is 274 g/mol. The number of hydrogen-bond donors (Lipinski definition) is 1. The van der Waals surface area contributed by atoms with Crippen molar-refractivity contribution < 1.29 is 23.8 Å². The number of benzene rings is 1. The molecule has 1 heterocycles. The van der Waals surface area contributed by atoms with E-state index in [4.69, 9.17) is 9.15 Å². The third-order valence-corrected chi connectivity index (χ3v) is 2.81. The second kappa shape index (κ2) is 5.21. The van der Waals surface area contributed by atoms with Crippen LogP contribution in [0.5, 0.6) is 5.75 Å². The van der Waals surface area contributed by atoms with E-state index in [0.717, 1.165) is 0 Å². The molecule has 5 heteroatoms. The van der Waals surface area contributed by atoms with Crippen molar-refractivity contribution in [3.63, 3.8) is 0 Å². The number of carbonyl (C=O) groups is 2. The fraction of sp³-hybridized carbons (Fsp3) is 0.200. The van der Waals surface area contributed by atoms with Crippen LogP contribution in [-0.2, 0) is 9.53 Å². The number of carbonyl (C=O) groups excluding carboxylic acids is 2. The van der Waals surface area contributed by atoms with Crippen LogP contribution in [0.2, 0.25) is 0 Å². The first-order chi connectivity index (χ1) is 9.38. The van der Waals surface area contributed by atoms with Crippen molar-refractivity contribution in [2.45, 2.75) is 13.8 Å². The van der Waals surface area contributed by atoms with Gasteiger partial charge >= 0.3 is 5.97 Å². The van der Waals surface area contributed by atoms with E-state index in [2.05, 4.69) is 6.58 Å². The lowest BCUT2D eigenvalue weighted by Crippen LogP contribution is -2.01. The highest BCUT2D eigenvalue weighted by Gasteiger charge is 2.13. The molecule has 0 fully saturated rings. The summed E-state index contributed by atoms with van der Waals surface area (Å²) < 4.78 is 10.4. The van der Waals surface area contributed by atoms with Gasteiger partial charge in [0.05, 0.1) is 5.56 Å². The number of ketones is 1. The molecule has 0 bridgehead atoms. The van der Waals surface area contributed by atoms with Crippen molar-refractivity contribution in [3.8, 4) is 5.75 Å². The van der Waals surface area contributed by atoms with Gasteiger partial charge in [0.15, 0.2) is 5.78 Å². The Labute approximate surface area is 115 Å². The number of rotatable bonds is 4. The van der Waals surface area contributed by atoms with Crippen LogP contribution in [0.3, 0.4) is 0 Å². The van der Waals surface area contributed by atoms with Crippen LogP contribution in [0.15, 0.2) is 29.2 Å². The first-order valence-electron chi connectivity index (χ1n) is 5.97. The van der Waals surface area contributed by atoms with Gasteiger partial charge in [0.1, 0.15) is 23.7 Å². The molecular formula is C15H14O5. The highest BCUT2D eigenvalue weighted by atomic mass is 16.5. The number of Topliss-reactive ketones (excluding diaryl/α,β-unsaturated/α-hetero) is 1. The van der Waals surface area contributed by atoms with E-state index in [9.17, 15) is 14.7 Å². The van der Waals surface area contributed by atoms with Crippen molar-refractivity contribution >= 4 is 28.3 Å². The minimum atomic E-state index is -0.404. The third-order valence-electron chi connectivity index (χ3n) is 2.81. The van der Waals surface area contributed by atoms with Gasteiger partial charge in [-0.1, -0.05) is 6.58 Å². The first kappa shape index (κ1) is 13.9. The minimum Gasteiger partial charge on any atom is -0.507 e. The highest BCUT2D eigenvalue weighted by molar-refractivity contribution is 6.01. The summed E-state index contributed by atoms with van der Waals surface area (Å²) in [5.41, 5.74) is 1.17. The number of phenols is 1. The Bertz CT molecular complexity index is 708. The van der Waals surface area contributed by atoms with Gasteiger partial charge in [-0.2, -0.15) is 0 Å². The molecular weight excluding hydrogens is 260 g/mol. The molecule has 0 saturated heterocycles. The summed E-state index contributed by atoms with van der Waals surface area (Å²) in [6.07, 6.45) is 0. The van der Waals surface area contributed by atoms with Crippen molar-refractivity contribution in [1.82, 2.24) is 0 Å². The van der Waals surface area contributed by atoms with E-state index in [1.165, 1.54) is 19.9 Å². The molecule has 0 amide bonds. The van der Waals surface area contributed by atoms with Crippen LogP contribution < -0.4 is 0 Å². The zero-order chi connectivity index (χ0) is 14.9. The van der Waals surface area contributed by atoms with Crippen LogP contribution in [-0.4, -0.2) is 23.5 Å². The van der Waals surface area contributed by atoms with Gasteiger partial charge in [0.25, 0.3) is 0 Å². The summed E-state index contributed by atoms with van der Waals surface area (Å²) in [6.45, 7) is 6.49. The molecule has 0 radical (unpaired) electrons. The lowest BCUT2D eigenvalue weighted by Gasteiger charge is -2.01. The van der Waals surface area contributed by atoms with Gasteiger partial charge in [-0.25, -0.2) is 0 Å². The zero-order valence-electron chi connectivity index (χ0n) is 11.2. The van der Waals surface area contributed by atoms with Crippen LogP contribution >= 0.6 is 0 Å². The first-order valence-corrected chi connectivity index (χ1v) is 5.97. The average Bonchev–Trinajstić information content (AvgIpc) is 2.77. The van der Waals surface area contributed by atoms with Gasteiger partial charge in [0.2, 0.25) is 0 Å². The number of aromatic hydroxyl groups is 1. The predicted molar refractivity (Wildman–Crippen MR) is 73.6 cm³/mol. The SMILES string of the molecule is C=C(COC(C)=O)c1cc2cc(C(C)=O)c(O)cc2o1. The fourth-order valence-electron chi connectivity index (χ4n) is 1.79. The van der Waals surface area contributed by atoms with Crippen LogP contribution in [0.25, 0.3) is 16.5 Å². The van der Waals surface area contributed by atoms with Crippen molar-refractivity contribution in [1.29, 1.82) is 0 Å². The van der Waals surface area contributed by atoms with E-state index in [1.54, 1.807) is 12.1 Å². The molecule has 0 atom stereocenters. The lowest BCUT2D eigenvalue weighted by atomic mass is 10.1. The number of hydrogen-bond acceptors (Lipinski definition) is 5. The molecule has 0 aliphatic rings. The molecule has 1 aromatic heterocycles. The number of ether oxygens (including phenoxy) is 1. The third kappa shape index (κ3) is 2.71. The number of fused-ring (bicyclic) bond motifs is 1. The number of phenolic OH excluding ortho intramolecular Hbond substituents is 1. The van der Waals surface area contributed by atoms with Crippen LogP contribution in [0.4, 0.5) is 0 Å². The number of esters is 1. The number of furan rings is 1. The molecule has 0 aliphatic carbocycles. The van der Waals surface area contributed by atoms with Crippen molar-refractivity contribution in [2.24, 2.45) is 0 Å². The van der Waals surface area contributed by atoms with Crippen molar-refractivity contribution in [3.05, 3.63) is 36.1 Å². The van der Waals surface area contributed by atoms with E-state index >= 15 is 0 Å². The predicted octanol–water partition coefficient (Wildman–Crippen LogP) is 2.92. The summed E-state index contributed by atoms with van der Waals surface area (Å²) in [7, 11) is 0. The Kier molecular flexibility index (Phi) is 3.61. The molecule has 5 nitrogen and oxygen atoms in total. The molecule has 0 spiro atoms. The molecule has 104 valence electrons. The van der Waals surface area contributed by atoms with E-state index in [1.807, 2.05) is 0 Å². The van der Waals surface area contributed by atoms with Crippen molar-refractivity contribution in [2.75, 3.05) is 6.61 Å². The molecule has 2 aromatic rings. The second-order valence-corrected chi connectivity index (χ2v) is 4.46. The van der Waals surface area contributed by atoms with Gasteiger partial charge in [-0.15, -0.1) is 0 Å². The van der Waals surface area contributed by atoms with E-state index in [0.29, 0.717) is 22.3 Å². The molecule has 1 N–H and O–H groups in total. The normalized spacial score (nSPS) is 10.5. The Balaban J connectivity index is 2.36. The zero-order valence-corrected chi connectivity index (χ0v) is 11.2. The van der Waals surface area contributed by atoms with Crippen LogP contribution in [0.1, 0.15) is 30.0 Å². The highest BCUT2D eigenvalue weighted by Crippen LogP contribution is 2.30. The van der Waals surface area contributed by atoms with Gasteiger partial charge in [-0.05, 0) is 19.1 Å². The summed E-state index contributed by atoms with van der Waals surface area (Å²) in [5.74, 6) is -0.317. The molecule has 1 aromatic carbocycles. The monoisotopic (exact) mass is 274 g/mol. The molecule has 2 rings (SSSR count). The topological polar surface area (TPSA) is 76.7 Å². The van der Waals surface area contributed by atoms with E-state index < -0.39 is 5.97 Å². The van der Waals surface area contributed by atoms with Gasteiger partial charge < -0.3 is 14.3 Å². The molecule has 0 saturated carbocycles. The Morgan fingerprint density at radius 1 is 1.30 bits per heavy atom. The molecule has 20 heavy (non-hydrogen) atoms. The van der Waals surface area contributed by atoms with Gasteiger partial charge in [-0.3, -0.25) is 9.59 Å². The maximum atomic E-state index is 11.4. The maximum Gasteiger partial charge on any atom is 0.302 e. The smallest absolute Gasteiger partial charge is 0.302 e. The Morgan fingerprint density at radius 3 is 2.60 bits per heavy atom. The second-order valence-electron chi connectivity index (χ2n) is 4.46. The van der Waals surface area contributed by atoms with Crippen LogP contribution in [0, 0.1) is 0 Å². The molecule has 0 aliphatic heterocycles. The standard InChI is InChI=1S/C15H14O5/c1-8(7-19-10(3)17)14-5-11-4-12(9(2)16)13(18)6-15(11)20-14/h4-6,18H,1,7H2,2-3H3. The molecule has 0 unspecified atom stereocenters.